The van der Waals surface area contributed by atoms with Crippen molar-refractivity contribution in [3.8, 4) is 5.75 Å². The molecule has 2 heterocycles. The van der Waals surface area contributed by atoms with Gasteiger partial charge < -0.3 is 29.2 Å². The number of carbonyl (C=O) groups excluding carboxylic acids is 1. The van der Waals surface area contributed by atoms with Gasteiger partial charge in [0.15, 0.2) is 0 Å². The Kier molecular flexibility index (Phi) is 7.83. The molecule has 2 unspecified atom stereocenters. The van der Waals surface area contributed by atoms with Crippen LogP contribution in [-0.2, 0) is 14.2 Å². The van der Waals surface area contributed by atoms with Crippen LogP contribution in [0.5, 0.6) is 5.75 Å². The molecule has 0 aromatic heterocycles. The average molecular weight is 435 g/mol. The Balaban J connectivity index is 1.83. The van der Waals surface area contributed by atoms with Gasteiger partial charge in [-0.3, -0.25) is 0 Å². The van der Waals surface area contributed by atoms with Crippen LogP contribution in [0.1, 0.15) is 58.1 Å². The maximum atomic E-state index is 12.9. The zero-order valence-electron chi connectivity index (χ0n) is 19.6. The highest BCUT2D eigenvalue weighted by molar-refractivity contribution is 5.69. The lowest BCUT2D eigenvalue weighted by atomic mass is 9.91. The molecule has 1 aromatic rings. The van der Waals surface area contributed by atoms with E-state index in [1.165, 1.54) is 0 Å². The van der Waals surface area contributed by atoms with Crippen LogP contribution in [-0.4, -0.2) is 68.8 Å². The summed E-state index contributed by atoms with van der Waals surface area (Å²) in [6.45, 7) is 8.53. The highest BCUT2D eigenvalue weighted by Crippen LogP contribution is 2.33. The molecule has 174 valence electrons. The van der Waals surface area contributed by atoms with Crippen LogP contribution >= 0.6 is 0 Å². The van der Waals surface area contributed by atoms with Crippen LogP contribution in [0.25, 0.3) is 0 Å². The van der Waals surface area contributed by atoms with Crippen molar-refractivity contribution in [1.29, 1.82) is 0 Å². The molecule has 1 N–H and O–H groups in total. The molecular formula is C24H38N2O5. The highest BCUT2D eigenvalue weighted by atomic mass is 16.6. The van der Waals surface area contributed by atoms with Crippen molar-refractivity contribution in [2.45, 2.75) is 69.7 Å². The molecule has 2 saturated heterocycles. The van der Waals surface area contributed by atoms with E-state index in [1.807, 2.05) is 37.8 Å². The molecule has 2 aliphatic rings. The third-order valence-corrected chi connectivity index (χ3v) is 6.27. The van der Waals surface area contributed by atoms with E-state index >= 15 is 0 Å². The van der Waals surface area contributed by atoms with Gasteiger partial charge in [0.1, 0.15) is 11.4 Å². The van der Waals surface area contributed by atoms with Crippen LogP contribution < -0.4 is 10.1 Å². The summed E-state index contributed by atoms with van der Waals surface area (Å²) in [5.74, 6) is 0.815. The van der Waals surface area contributed by atoms with Gasteiger partial charge in [0.2, 0.25) is 0 Å². The van der Waals surface area contributed by atoms with E-state index in [9.17, 15) is 4.79 Å². The third-order valence-electron chi connectivity index (χ3n) is 6.27. The number of ether oxygens (including phenoxy) is 4. The number of nitrogens with one attached hydrogen (secondary N) is 1. The van der Waals surface area contributed by atoms with Crippen LogP contribution in [0.4, 0.5) is 4.79 Å². The summed E-state index contributed by atoms with van der Waals surface area (Å²) in [6, 6.07) is 8.07. The minimum Gasteiger partial charge on any atom is -0.497 e. The van der Waals surface area contributed by atoms with E-state index < -0.39 is 5.60 Å². The topological polar surface area (TPSA) is 69.3 Å². The first-order valence-corrected chi connectivity index (χ1v) is 11.3. The molecule has 2 aliphatic heterocycles. The van der Waals surface area contributed by atoms with Crippen molar-refractivity contribution in [1.82, 2.24) is 10.2 Å². The fourth-order valence-corrected chi connectivity index (χ4v) is 4.47. The number of rotatable bonds is 7. The van der Waals surface area contributed by atoms with Crippen LogP contribution in [0, 0.1) is 0 Å². The number of hydrogen-bond donors (Lipinski definition) is 1. The van der Waals surface area contributed by atoms with E-state index in [0.717, 1.165) is 37.0 Å². The van der Waals surface area contributed by atoms with Crippen LogP contribution in [0.2, 0.25) is 0 Å². The van der Waals surface area contributed by atoms with E-state index in [1.54, 1.807) is 14.2 Å². The number of methoxy groups -OCH3 is 2. The lowest BCUT2D eigenvalue weighted by Crippen LogP contribution is -2.51. The molecule has 0 saturated carbocycles. The molecule has 1 amide bonds. The van der Waals surface area contributed by atoms with Gasteiger partial charge in [-0.25, -0.2) is 4.79 Å². The van der Waals surface area contributed by atoms with Gasteiger partial charge in [0.25, 0.3) is 0 Å². The Morgan fingerprint density at radius 3 is 2.48 bits per heavy atom. The fourth-order valence-electron chi connectivity index (χ4n) is 4.47. The van der Waals surface area contributed by atoms with E-state index in [2.05, 4.69) is 17.4 Å². The van der Waals surface area contributed by atoms with Gasteiger partial charge in [-0.15, -0.1) is 0 Å². The Bertz CT molecular complexity index is 710. The Labute approximate surface area is 186 Å². The molecule has 0 bridgehead atoms. The maximum Gasteiger partial charge on any atom is 0.410 e. The molecule has 7 nitrogen and oxygen atoms in total. The molecule has 7 heteroatoms. The van der Waals surface area contributed by atoms with Gasteiger partial charge in [0.05, 0.1) is 24.8 Å². The molecule has 3 rings (SSSR count). The van der Waals surface area contributed by atoms with E-state index in [4.69, 9.17) is 18.9 Å². The maximum absolute atomic E-state index is 12.9. The van der Waals surface area contributed by atoms with Crippen molar-refractivity contribution < 1.29 is 23.7 Å². The zero-order chi connectivity index (χ0) is 22.5. The summed E-state index contributed by atoms with van der Waals surface area (Å²) >= 11 is 0. The number of carbonyl (C=O) groups is 1. The standard InChI is InChI=1S/C24H38N2O5/c1-23(2,3)31-22(27)26-14-6-7-20(26)21(18-8-10-19(28-4)11-9-18)25-17-24(29-5)12-15-30-16-13-24/h8-11,20-21,25H,6-7,12-17H2,1-5H3. The number of likely N-dealkylation sites (tertiary alicyclic amines) is 1. The molecule has 0 spiro atoms. The normalized spacial score (nSPS) is 22.2. The summed E-state index contributed by atoms with van der Waals surface area (Å²) in [5.41, 5.74) is 0.355. The Hall–Kier alpha value is -1.83. The second-order valence-corrected chi connectivity index (χ2v) is 9.51. The monoisotopic (exact) mass is 434 g/mol. The molecule has 1 aromatic carbocycles. The minimum atomic E-state index is -0.518. The van der Waals surface area contributed by atoms with Crippen molar-refractivity contribution in [3.05, 3.63) is 29.8 Å². The number of amides is 1. The minimum absolute atomic E-state index is 0.0111. The Morgan fingerprint density at radius 1 is 1.23 bits per heavy atom. The first kappa shape index (κ1) is 23.8. The van der Waals surface area contributed by atoms with Crippen LogP contribution in [0.15, 0.2) is 24.3 Å². The molecule has 2 atom stereocenters. The summed E-state index contributed by atoms with van der Waals surface area (Å²) in [7, 11) is 3.44. The lowest BCUT2D eigenvalue weighted by Gasteiger charge is -2.39. The van der Waals surface area contributed by atoms with Crippen molar-refractivity contribution in [3.63, 3.8) is 0 Å². The molecule has 2 fully saturated rings. The van der Waals surface area contributed by atoms with Crippen LogP contribution in [0.3, 0.4) is 0 Å². The van der Waals surface area contributed by atoms with Gasteiger partial charge >= 0.3 is 6.09 Å². The molecule has 0 aliphatic carbocycles. The highest BCUT2D eigenvalue weighted by Gasteiger charge is 2.40. The summed E-state index contributed by atoms with van der Waals surface area (Å²) in [5, 5.41) is 3.75. The largest absolute Gasteiger partial charge is 0.497 e. The van der Waals surface area contributed by atoms with E-state index in [0.29, 0.717) is 26.3 Å². The quantitative estimate of drug-likeness (QED) is 0.702. The van der Waals surface area contributed by atoms with E-state index in [-0.39, 0.29) is 23.8 Å². The summed E-state index contributed by atoms with van der Waals surface area (Å²) in [4.78, 5) is 14.8. The smallest absolute Gasteiger partial charge is 0.410 e. The fraction of sp³-hybridized carbons (Fsp3) is 0.708. The zero-order valence-corrected chi connectivity index (χ0v) is 19.6. The van der Waals surface area contributed by atoms with Gasteiger partial charge in [-0.1, -0.05) is 12.1 Å². The average Bonchev–Trinajstić information content (AvgIpc) is 3.24. The van der Waals surface area contributed by atoms with Gasteiger partial charge in [-0.2, -0.15) is 0 Å². The first-order chi connectivity index (χ1) is 14.8. The van der Waals surface area contributed by atoms with Crippen molar-refractivity contribution in [2.24, 2.45) is 0 Å². The third kappa shape index (κ3) is 6.11. The first-order valence-electron chi connectivity index (χ1n) is 11.3. The number of benzene rings is 1. The second-order valence-electron chi connectivity index (χ2n) is 9.51. The molecular weight excluding hydrogens is 396 g/mol. The summed E-state index contributed by atoms with van der Waals surface area (Å²) < 4.78 is 22.5. The molecule has 0 radical (unpaired) electrons. The van der Waals surface area contributed by atoms with Gasteiger partial charge in [0, 0.05) is 46.3 Å². The van der Waals surface area contributed by atoms with Crippen molar-refractivity contribution >= 4 is 6.09 Å². The second kappa shape index (κ2) is 10.2. The number of hydrogen-bond acceptors (Lipinski definition) is 6. The Morgan fingerprint density at radius 2 is 1.90 bits per heavy atom. The summed E-state index contributed by atoms with van der Waals surface area (Å²) in [6.07, 6.45) is 3.34. The lowest BCUT2D eigenvalue weighted by molar-refractivity contribution is -0.0894. The van der Waals surface area contributed by atoms with Crippen molar-refractivity contribution in [2.75, 3.05) is 40.5 Å². The van der Waals surface area contributed by atoms with Gasteiger partial charge in [-0.05, 0) is 51.3 Å². The predicted molar refractivity (Wildman–Crippen MR) is 119 cm³/mol. The number of nitrogens with zero attached hydrogens (tertiary/aromatic N) is 1. The SMILES string of the molecule is COc1ccc(C(NCC2(OC)CCOCC2)C2CCCN2C(=O)OC(C)(C)C)cc1. The predicted octanol–water partition coefficient (Wildman–Crippen LogP) is 3.92. The molecule has 31 heavy (non-hydrogen) atoms.